The fourth-order valence-electron chi connectivity index (χ4n) is 8.12. The first-order valence-electron chi connectivity index (χ1n) is 22.4. The highest BCUT2D eigenvalue weighted by Gasteiger charge is 2.48. The van der Waals surface area contributed by atoms with Crippen molar-refractivity contribution < 1.29 is 28.7 Å². The number of hydrogen-bond donors (Lipinski definition) is 2. The van der Waals surface area contributed by atoms with Gasteiger partial charge in [0.25, 0.3) is 0 Å². The summed E-state index contributed by atoms with van der Waals surface area (Å²) in [4.78, 5) is 72.0. The van der Waals surface area contributed by atoms with Gasteiger partial charge in [-0.05, 0) is 87.3 Å². The van der Waals surface area contributed by atoms with Crippen LogP contribution in [0.2, 0.25) is 0 Å². The van der Waals surface area contributed by atoms with Gasteiger partial charge < -0.3 is 15.4 Å². The highest BCUT2D eigenvalue weighted by molar-refractivity contribution is 5.97. The number of aryl methyl sites for hydroxylation is 1. The summed E-state index contributed by atoms with van der Waals surface area (Å²) < 4.78 is 5.44. The van der Waals surface area contributed by atoms with Gasteiger partial charge in [-0.15, -0.1) is 0 Å². The molecule has 1 saturated heterocycles. The van der Waals surface area contributed by atoms with E-state index in [0.717, 1.165) is 88.9 Å². The average Bonchev–Trinajstić information content (AvgIpc) is 3.96. The lowest BCUT2D eigenvalue weighted by molar-refractivity contribution is -0.135. The number of ketones is 3. The van der Waals surface area contributed by atoms with E-state index in [1.54, 1.807) is 0 Å². The van der Waals surface area contributed by atoms with E-state index in [9.17, 15) is 24.0 Å². The smallest absolute Gasteiger partial charge is 0.224 e. The number of benzene rings is 2. The SMILES string of the molecule is CC(C)C[C@H](NC(=O)[C@H](CCc1ccccc1)CC(=O)CCCCCCCN1CCOCC1)C(=O)C[C@@H](Cc1ccccc1)C(=O)N[C@@H](CC(C)C)C(=O)C1(C)CC1. The maximum absolute atomic E-state index is 14.3. The maximum Gasteiger partial charge on any atom is 0.224 e. The van der Waals surface area contributed by atoms with Crippen LogP contribution in [0.15, 0.2) is 60.7 Å². The van der Waals surface area contributed by atoms with Crippen LogP contribution in [0.1, 0.15) is 129 Å². The fraction of sp³-hybridized carbons (Fsp3) is 0.653. The van der Waals surface area contributed by atoms with Crippen molar-refractivity contribution in [1.82, 2.24) is 15.5 Å². The van der Waals surface area contributed by atoms with Gasteiger partial charge in [-0.2, -0.15) is 0 Å². The summed E-state index contributed by atoms with van der Waals surface area (Å²) in [5, 5.41) is 6.18. The van der Waals surface area contributed by atoms with Crippen molar-refractivity contribution in [2.75, 3.05) is 32.8 Å². The number of nitrogens with zero attached hydrogens (tertiary/aromatic N) is 1. The molecule has 4 rings (SSSR count). The number of Topliss-reactive ketones (excluding diaryl/α,β-unsaturated/α-hetero) is 3. The van der Waals surface area contributed by atoms with Gasteiger partial charge in [-0.1, -0.05) is 115 Å². The molecule has 2 aliphatic rings. The molecule has 2 N–H and O–H groups in total. The molecule has 0 bridgehead atoms. The molecule has 0 radical (unpaired) electrons. The second-order valence-electron chi connectivity index (χ2n) is 18.3. The van der Waals surface area contributed by atoms with Gasteiger partial charge in [0.15, 0.2) is 11.6 Å². The van der Waals surface area contributed by atoms with E-state index >= 15 is 0 Å². The first kappa shape index (κ1) is 47.0. The molecule has 2 aromatic rings. The van der Waals surface area contributed by atoms with Crippen LogP contribution in [0.3, 0.4) is 0 Å². The molecule has 2 amide bonds. The largest absolute Gasteiger partial charge is 0.379 e. The van der Waals surface area contributed by atoms with Gasteiger partial charge in [0.05, 0.1) is 25.3 Å². The Morgan fingerprint density at radius 1 is 0.690 bits per heavy atom. The van der Waals surface area contributed by atoms with Crippen molar-refractivity contribution in [3.63, 3.8) is 0 Å². The minimum absolute atomic E-state index is 0.0693. The summed E-state index contributed by atoms with van der Waals surface area (Å²) in [6.07, 6.45) is 9.79. The Morgan fingerprint density at radius 3 is 1.86 bits per heavy atom. The molecule has 58 heavy (non-hydrogen) atoms. The Bertz CT molecular complexity index is 1570. The molecular formula is C49H73N3O6. The molecule has 1 saturated carbocycles. The number of carbonyl (C=O) groups is 5. The molecule has 1 aliphatic heterocycles. The Labute approximate surface area is 349 Å². The minimum atomic E-state index is -0.802. The fourth-order valence-corrected chi connectivity index (χ4v) is 8.12. The van der Waals surface area contributed by atoms with Crippen LogP contribution in [-0.4, -0.2) is 79.0 Å². The molecule has 1 heterocycles. The maximum atomic E-state index is 14.3. The van der Waals surface area contributed by atoms with Gasteiger partial charge in [0.1, 0.15) is 5.78 Å². The summed E-state index contributed by atoms with van der Waals surface area (Å²) in [5.74, 6) is -1.63. The van der Waals surface area contributed by atoms with Gasteiger partial charge in [0, 0.05) is 49.6 Å². The second-order valence-corrected chi connectivity index (χ2v) is 18.3. The van der Waals surface area contributed by atoms with Crippen molar-refractivity contribution in [2.24, 2.45) is 29.1 Å². The zero-order chi connectivity index (χ0) is 41.9. The molecule has 0 spiro atoms. The number of rotatable bonds is 28. The summed E-state index contributed by atoms with van der Waals surface area (Å²) in [6, 6.07) is 18.2. The zero-order valence-corrected chi connectivity index (χ0v) is 36.3. The summed E-state index contributed by atoms with van der Waals surface area (Å²) >= 11 is 0. The van der Waals surface area contributed by atoms with Gasteiger partial charge in [-0.3, -0.25) is 28.9 Å². The Hall–Kier alpha value is -3.69. The highest BCUT2D eigenvalue weighted by atomic mass is 16.5. The predicted molar refractivity (Wildman–Crippen MR) is 231 cm³/mol. The van der Waals surface area contributed by atoms with E-state index in [4.69, 9.17) is 4.74 Å². The first-order chi connectivity index (χ1) is 27.8. The molecule has 0 aromatic heterocycles. The number of carbonyl (C=O) groups excluding carboxylic acids is 5. The van der Waals surface area contributed by atoms with Crippen molar-refractivity contribution in [3.05, 3.63) is 71.8 Å². The average molecular weight is 800 g/mol. The van der Waals surface area contributed by atoms with Crippen molar-refractivity contribution in [3.8, 4) is 0 Å². The predicted octanol–water partition coefficient (Wildman–Crippen LogP) is 8.12. The first-order valence-corrected chi connectivity index (χ1v) is 22.4. The van der Waals surface area contributed by atoms with Crippen LogP contribution in [0.4, 0.5) is 0 Å². The molecule has 0 unspecified atom stereocenters. The van der Waals surface area contributed by atoms with Crippen LogP contribution in [0, 0.1) is 29.1 Å². The van der Waals surface area contributed by atoms with E-state index in [1.807, 2.05) is 95.3 Å². The van der Waals surface area contributed by atoms with Gasteiger partial charge in [-0.25, -0.2) is 0 Å². The number of amides is 2. The number of nitrogens with one attached hydrogen (secondary N) is 2. The van der Waals surface area contributed by atoms with E-state index in [0.29, 0.717) is 38.5 Å². The van der Waals surface area contributed by atoms with Crippen molar-refractivity contribution >= 4 is 29.2 Å². The molecule has 2 fully saturated rings. The van der Waals surface area contributed by atoms with Crippen molar-refractivity contribution in [1.29, 1.82) is 0 Å². The molecule has 1 aliphatic carbocycles. The normalized spacial score (nSPS) is 17.3. The lowest BCUT2D eigenvalue weighted by Crippen LogP contribution is -2.49. The molecule has 9 heteroatoms. The number of morpholine rings is 1. The van der Waals surface area contributed by atoms with Crippen LogP contribution >= 0.6 is 0 Å². The van der Waals surface area contributed by atoms with E-state index in [2.05, 4.69) is 15.5 Å². The van der Waals surface area contributed by atoms with Crippen molar-refractivity contribution in [2.45, 2.75) is 143 Å². The lowest BCUT2D eigenvalue weighted by atomic mass is 9.87. The molecule has 320 valence electrons. The third-order valence-electron chi connectivity index (χ3n) is 12.0. The Morgan fingerprint density at radius 2 is 1.24 bits per heavy atom. The summed E-state index contributed by atoms with van der Waals surface area (Å²) in [5.41, 5.74) is 1.62. The zero-order valence-electron chi connectivity index (χ0n) is 36.3. The quantitative estimate of drug-likeness (QED) is 0.0835. The van der Waals surface area contributed by atoms with Gasteiger partial charge >= 0.3 is 0 Å². The van der Waals surface area contributed by atoms with E-state index in [1.165, 1.54) is 0 Å². The molecule has 2 aromatic carbocycles. The van der Waals surface area contributed by atoms with Crippen LogP contribution in [-0.2, 0) is 41.6 Å². The number of unbranched alkanes of at least 4 members (excludes halogenated alkanes) is 4. The number of ether oxygens (including phenoxy) is 1. The third kappa shape index (κ3) is 16.9. The second kappa shape index (κ2) is 24.4. The standard InChI is InChI=1S/C49H73N3O6/c1-36(2)31-43(45(54)35-41(33-39-19-13-10-14-20-39)48(57)51-44(32-37(3)4)46(55)49(5)24-25-49)50-47(56)40(23-22-38-17-11-9-12-18-38)34-42(53)21-15-7-6-8-16-26-52-27-29-58-30-28-52/h9-14,17-20,36-37,40-41,43-44H,6-8,15-16,21-35H2,1-5H3,(H,50,56)(H,51,57)/t40-,41-,43+,44+/m1/s1. The van der Waals surface area contributed by atoms with Gasteiger partial charge in [0.2, 0.25) is 11.8 Å². The Kier molecular flexibility index (Phi) is 19.8. The molecular weight excluding hydrogens is 727 g/mol. The lowest BCUT2D eigenvalue weighted by Gasteiger charge is -2.27. The monoisotopic (exact) mass is 800 g/mol. The topological polar surface area (TPSA) is 122 Å². The molecule has 9 nitrogen and oxygen atoms in total. The van der Waals surface area contributed by atoms with Crippen LogP contribution in [0.25, 0.3) is 0 Å². The number of hydrogen-bond acceptors (Lipinski definition) is 7. The highest BCUT2D eigenvalue weighted by Crippen LogP contribution is 2.47. The minimum Gasteiger partial charge on any atom is -0.379 e. The van der Waals surface area contributed by atoms with Crippen LogP contribution in [0.5, 0.6) is 0 Å². The summed E-state index contributed by atoms with van der Waals surface area (Å²) in [6.45, 7) is 14.8. The van der Waals surface area contributed by atoms with Crippen LogP contribution < -0.4 is 10.6 Å². The Balaban J connectivity index is 1.41. The van der Waals surface area contributed by atoms with E-state index < -0.39 is 29.3 Å². The summed E-state index contributed by atoms with van der Waals surface area (Å²) in [7, 11) is 0. The van der Waals surface area contributed by atoms with E-state index in [-0.39, 0.29) is 53.8 Å². The third-order valence-corrected chi connectivity index (χ3v) is 12.0. The molecule has 4 atom stereocenters.